The van der Waals surface area contributed by atoms with Gasteiger partial charge in [-0.15, -0.1) is 0 Å². The molecule has 29 heavy (non-hydrogen) atoms. The third kappa shape index (κ3) is 4.73. The zero-order valence-electron chi connectivity index (χ0n) is 16.8. The molecule has 3 aromatic rings. The molecule has 0 aliphatic heterocycles. The average molecular weight is 416 g/mol. The van der Waals surface area contributed by atoms with E-state index in [0.29, 0.717) is 6.42 Å². The minimum atomic E-state index is -3.63. The lowest BCUT2D eigenvalue weighted by atomic mass is 10.2. The fraction of sp³-hybridized carbons (Fsp3) is 0.350. The summed E-state index contributed by atoms with van der Waals surface area (Å²) in [6.07, 6.45) is 10.5. The van der Waals surface area contributed by atoms with Gasteiger partial charge in [0.1, 0.15) is 5.82 Å². The van der Waals surface area contributed by atoms with Crippen molar-refractivity contribution in [2.24, 2.45) is 7.05 Å². The zero-order chi connectivity index (χ0) is 21.0. The van der Waals surface area contributed by atoms with Gasteiger partial charge in [0.05, 0.1) is 23.2 Å². The van der Waals surface area contributed by atoms with E-state index in [2.05, 4.69) is 14.8 Å². The highest BCUT2D eigenvalue weighted by Gasteiger charge is 2.16. The molecule has 0 saturated carbocycles. The van der Waals surface area contributed by atoms with Crippen LogP contribution in [0.15, 0.2) is 36.8 Å². The smallest absolute Gasteiger partial charge is 0.257 e. The standard InChI is InChI=1S/C20H25N5O3S/c1-4-5-6-13-29(27,28)23-19(26)8-7-17-15(2)22-24(3)20(17)25-12-10-16-9-11-21-14-18(16)25/h7-12,14H,4-6,13H2,1-3H3,(H,23,26)/b8-7+. The molecule has 1 N–H and O–H groups in total. The summed E-state index contributed by atoms with van der Waals surface area (Å²) in [6, 6.07) is 3.89. The zero-order valence-corrected chi connectivity index (χ0v) is 17.6. The second-order valence-corrected chi connectivity index (χ2v) is 8.73. The molecule has 0 radical (unpaired) electrons. The van der Waals surface area contributed by atoms with Crippen LogP contribution in [0.3, 0.4) is 0 Å². The van der Waals surface area contributed by atoms with Crippen LogP contribution in [0.1, 0.15) is 37.4 Å². The van der Waals surface area contributed by atoms with E-state index >= 15 is 0 Å². The first-order chi connectivity index (χ1) is 13.8. The Kier molecular flexibility index (Phi) is 6.17. The Balaban J connectivity index is 1.86. The Morgan fingerprint density at radius 3 is 2.83 bits per heavy atom. The van der Waals surface area contributed by atoms with Crippen molar-refractivity contribution in [1.82, 2.24) is 24.1 Å². The molecule has 0 aromatic carbocycles. The predicted octanol–water partition coefficient (Wildman–Crippen LogP) is 2.72. The topological polar surface area (TPSA) is 98.9 Å². The van der Waals surface area contributed by atoms with Gasteiger partial charge in [0.2, 0.25) is 10.0 Å². The van der Waals surface area contributed by atoms with E-state index in [1.807, 2.05) is 43.8 Å². The number of rotatable bonds is 8. The van der Waals surface area contributed by atoms with E-state index in [1.54, 1.807) is 23.2 Å². The maximum absolute atomic E-state index is 12.2. The first-order valence-corrected chi connectivity index (χ1v) is 11.1. The minimum absolute atomic E-state index is 0.0556. The summed E-state index contributed by atoms with van der Waals surface area (Å²) in [7, 11) is -1.81. The third-order valence-electron chi connectivity index (χ3n) is 4.63. The van der Waals surface area contributed by atoms with Gasteiger partial charge in [-0.25, -0.2) is 13.1 Å². The molecule has 0 fully saturated rings. The SMILES string of the molecule is CCCCCS(=O)(=O)NC(=O)/C=C/c1c(C)nn(C)c1-n1ccc2ccncc21. The number of aromatic nitrogens is 4. The molecule has 3 rings (SSSR count). The van der Waals surface area contributed by atoms with Crippen molar-refractivity contribution in [3.8, 4) is 5.82 Å². The van der Waals surface area contributed by atoms with Crippen LogP contribution in [0, 0.1) is 6.92 Å². The van der Waals surface area contributed by atoms with Gasteiger partial charge in [-0.05, 0) is 31.6 Å². The van der Waals surface area contributed by atoms with Gasteiger partial charge in [-0.1, -0.05) is 19.8 Å². The maximum atomic E-state index is 12.2. The van der Waals surface area contributed by atoms with Crippen LogP contribution >= 0.6 is 0 Å². The number of hydrogen-bond donors (Lipinski definition) is 1. The van der Waals surface area contributed by atoms with Gasteiger partial charge < -0.3 is 0 Å². The average Bonchev–Trinajstić information content (AvgIpc) is 3.19. The number of carbonyl (C=O) groups is 1. The Labute approximate surface area is 170 Å². The van der Waals surface area contributed by atoms with Crippen LogP contribution in [0.2, 0.25) is 0 Å². The number of nitrogens with zero attached hydrogens (tertiary/aromatic N) is 4. The van der Waals surface area contributed by atoms with Gasteiger partial charge in [0.25, 0.3) is 5.91 Å². The van der Waals surface area contributed by atoms with Crippen molar-refractivity contribution in [1.29, 1.82) is 0 Å². The van der Waals surface area contributed by atoms with E-state index in [1.165, 1.54) is 6.08 Å². The predicted molar refractivity (Wildman–Crippen MR) is 113 cm³/mol. The molecule has 3 heterocycles. The van der Waals surface area contributed by atoms with Gasteiger partial charge >= 0.3 is 0 Å². The van der Waals surface area contributed by atoms with E-state index in [9.17, 15) is 13.2 Å². The van der Waals surface area contributed by atoms with Crippen LogP contribution in [-0.2, 0) is 21.9 Å². The summed E-state index contributed by atoms with van der Waals surface area (Å²) in [5.74, 6) is 0.0371. The van der Waals surface area contributed by atoms with Crippen molar-refractivity contribution in [3.05, 3.63) is 48.1 Å². The maximum Gasteiger partial charge on any atom is 0.257 e. The van der Waals surface area contributed by atoms with Crippen LogP contribution in [0.4, 0.5) is 0 Å². The van der Waals surface area contributed by atoms with Crippen molar-refractivity contribution >= 4 is 32.9 Å². The number of pyridine rings is 1. The quantitative estimate of drug-likeness (QED) is 0.450. The van der Waals surface area contributed by atoms with Crippen molar-refractivity contribution in [2.75, 3.05) is 5.75 Å². The van der Waals surface area contributed by atoms with Crippen molar-refractivity contribution < 1.29 is 13.2 Å². The summed E-state index contributed by atoms with van der Waals surface area (Å²) < 4.78 is 29.8. The Morgan fingerprint density at radius 1 is 1.28 bits per heavy atom. The third-order valence-corrected chi connectivity index (χ3v) is 5.97. The van der Waals surface area contributed by atoms with E-state index in [-0.39, 0.29) is 5.75 Å². The number of hydrogen-bond acceptors (Lipinski definition) is 5. The van der Waals surface area contributed by atoms with Gasteiger partial charge in [-0.3, -0.25) is 19.0 Å². The first-order valence-electron chi connectivity index (χ1n) is 9.50. The highest BCUT2D eigenvalue weighted by Crippen LogP contribution is 2.24. The Bertz CT molecular complexity index is 1160. The second kappa shape index (κ2) is 8.60. The monoisotopic (exact) mass is 415 g/mol. The number of amides is 1. The highest BCUT2D eigenvalue weighted by molar-refractivity contribution is 7.90. The van der Waals surface area contributed by atoms with Gasteiger partial charge in [-0.2, -0.15) is 5.10 Å². The molecule has 9 heteroatoms. The number of fused-ring (bicyclic) bond motifs is 1. The largest absolute Gasteiger partial charge is 0.299 e. The Morgan fingerprint density at radius 2 is 2.07 bits per heavy atom. The number of carbonyl (C=O) groups excluding carboxylic acids is 1. The second-order valence-electron chi connectivity index (χ2n) is 6.89. The minimum Gasteiger partial charge on any atom is -0.299 e. The molecule has 0 aliphatic rings. The lowest BCUT2D eigenvalue weighted by Gasteiger charge is -2.08. The van der Waals surface area contributed by atoms with Crippen LogP contribution in [0.25, 0.3) is 22.8 Å². The number of aryl methyl sites for hydroxylation is 2. The summed E-state index contributed by atoms with van der Waals surface area (Å²) in [4.78, 5) is 16.4. The molecule has 154 valence electrons. The summed E-state index contributed by atoms with van der Waals surface area (Å²) in [5.41, 5.74) is 2.36. The molecule has 0 unspecified atom stereocenters. The molecule has 0 spiro atoms. The molecule has 0 aliphatic carbocycles. The number of nitrogens with one attached hydrogen (secondary N) is 1. The normalized spacial score (nSPS) is 12.1. The van der Waals surface area contributed by atoms with E-state index < -0.39 is 15.9 Å². The van der Waals surface area contributed by atoms with E-state index in [0.717, 1.165) is 40.8 Å². The van der Waals surface area contributed by atoms with Gasteiger partial charge in [0.15, 0.2) is 0 Å². The summed E-state index contributed by atoms with van der Waals surface area (Å²) in [6.45, 7) is 3.83. The summed E-state index contributed by atoms with van der Waals surface area (Å²) >= 11 is 0. The van der Waals surface area contributed by atoms with Crippen LogP contribution in [-0.4, -0.2) is 39.4 Å². The fourth-order valence-corrected chi connectivity index (χ4v) is 4.30. The molecule has 3 aromatic heterocycles. The molecule has 8 nitrogen and oxygen atoms in total. The fourth-order valence-electron chi connectivity index (χ4n) is 3.24. The van der Waals surface area contributed by atoms with E-state index in [4.69, 9.17) is 0 Å². The number of unbranched alkanes of at least 4 members (excludes halogenated alkanes) is 2. The first kappa shape index (κ1) is 20.8. The lowest BCUT2D eigenvalue weighted by molar-refractivity contribution is -0.114. The molecular formula is C20H25N5O3S. The molecule has 0 atom stereocenters. The molecule has 0 bridgehead atoms. The summed E-state index contributed by atoms with van der Waals surface area (Å²) in [5, 5.41) is 5.48. The van der Waals surface area contributed by atoms with Crippen molar-refractivity contribution in [3.63, 3.8) is 0 Å². The van der Waals surface area contributed by atoms with Crippen LogP contribution < -0.4 is 4.72 Å². The van der Waals surface area contributed by atoms with Crippen molar-refractivity contribution in [2.45, 2.75) is 33.1 Å². The molecular weight excluding hydrogens is 390 g/mol. The van der Waals surface area contributed by atoms with Gasteiger partial charge in [0, 0.05) is 36.5 Å². The molecule has 1 amide bonds. The lowest BCUT2D eigenvalue weighted by Crippen LogP contribution is -2.31. The molecule has 0 saturated heterocycles. The highest BCUT2D eigenvalue weighted by atomic mass is 32.2. The Hall–Kier alpha value is -2.94. The number of sulfonamides is 1. The van der Waals surface area contributed by atoms with Crippen LogP contribution in [0.5, 0.6) is 0 Å².